The molecule has 1 aliphatic heterocycles. The van der Waals surface area contributed by atoms with E-state index in [9.17, 15) is 4.79 Å². The van der Waals surface area contributed by atoms with Crippen LogP contribution in [0.5, 0.6) is 5.75 Å². The molecule has 1 aliphatic rings. The van der Waals surface area contributed by atoms with Crippen LogP contribution in [0.4, 0.5) is 0 Å². The van der Waals surface area contributed by atoms with E-state index in [1.165, 1.54) is 0 Å². The van der Waals surface area contributed by atoms with E-state index in [1.54, 1.807) is 7.11 Å². The van der Waals surface area contributed by atoms with Crippen LogP contribution in [0.1, 0.15) is 51.0 Å². The van der Waals surface area contributed by atoms with Gasteiger partial charge in [-0.2, -0.15) is 0 Å². The van der Waals surface area contributed by atoms with E-state index >= 15 is 0 Å². The molecular formula is C19H28O4. The van der Waals surface area contributed by atoms with E-state index in [2.05, 4.69) is 6.92 Å². The van der Waals surface area contributed by atoms with Crippen molar-refractivity contribution in [2.45, 2.75) is 70.4 Å². The molecule has 4 heteroatoms. The van der Waals surface area contributed by atoms with Gasteiger partial charge < -0.3 is 19.0 Å². The third-order valence-electron chi connectivity index (χ3n) is 4.38. The number of ether oxygens (including phenoxy) is 3. The van der Waals surface area contributed by atoms with Gasteiger partial charge in [-0.1, -0.05) is 31.9 Å². The van der Waals surface area contributed by atoms with E-state index in [-0.39, 0.29) is 18.3 Å². The number of carbonyl (C=O) groups excluding carboxylic acids is 1. The second-order valence-corrected chi connectivity index (χ2v) is 6.12. The zero-order valence-corrected chi connectivity index (χ0v) is 14.2. The van der Waals surface area contributed by atoms with Crippen molar-refractivity contribution >= 4 is 6.29 Å². The van der Waals surface area contributed by atoms with Crippen LogP contribution in [-0.2, 0) is 20.9 Å². The monoisotopic (exact) mass is 320 g/mol. The topological polar surface area (TPSA) is 44.8 Å². The molecule has 1 fully saturated rings. The lowest BCUT2D eigenvalue weighted by Crippen LogP contribution is -2.29. The Morgan fingerprint density at radius 3 is 2.74 bits per heavy atom. The molecule has 0 unspecified atom stereocenters. The number of unbranched alkanes of at least 4 members (excludes halogenated alkanes) is 1. The summed E-state index contributed by atoms with van der Waals surface area (Å²) in [7, 11) is 1.67. The quantitative estimate of drug-likeness (QED) is 0.613. The number of hydrogen-bond acceptors (Lipinski definition) is 4. The van der Waals surface area contributed by atoms with Crippen molar-refractivity contribution in [1.82, 2.24) is 0 Å². The maximum Gasteiger partial charge on any atom is 0.122 e. The van der Waals surface area contributed by atoms with Gasteiger partial charge in [0.1, 0.15) is 12.0 Å². The highest BCUT2D eigenvalue weighted by Gasteiger charge is 2.31. The zero-order chi connectivity index (χ0) is 16.5. The van der Waals surface area contributed by atoms with Gasteiger partial charge in [-0.15, -0.1) is 0 Å². The van der Waals surface area contributed by atoms with Crippen molar-refractivity contribution in [2.75, 3.05) is 7.11 Å². The van der Waals surface area contributed by atoms with Crippen LogP contribution in [0.2, 0.25) is 0 Å². The van der Waals surface area contributed by atoms with Gasteiger partial charge in [0.2, 0.25) is 0 Å². The highest BCUT2D eigenvalue weighted by Crippen LogP contribution is 2.28. The highest BCUT2D eigenvalue weighted by atomic mass is 16.5. The third kappa shape index (κ3) is 5.63. The lowest BCUT2D eigenvalue weighted by molar-refractivity contribution is -0.113. The molecule has 0 amide bonds. The summed E-state index contributed by atoms with van der Waals surface area (Å²) in [5, 5.41) is 0. The number of aldehydes is 1. The van der Waals surface area contributed by atoms with Gasteiger partial charge in [0.15, 0.2) is 0 Å². The maximum atomic E-state index is 10.7. The Bertz CT molecular complexity index is 457. The summed E-state index contributed by atoms with van der Waals surface area (Å²) >= 11 is 0. The number of methoxy groups -OCH3 is 1. The summed E-state index contributed by atoms with van der Waals surface area (Å²) in [5.41, 5.74) is 1.13. The molecular weight excluding hydrogens is 292 g/mol. The van der Waals surface area contributed by atoms with Gasteiger partial charge in [-0.25, -0.2) is 0 Å². The van der Waals surface area contributed by atoms with Gasteiger partial charge >= 0.3 is 0 Å². The average Bonchev–Trinajstić information content (AvgIpc) is 3.04. The van der Waals surface area contributed by atoms with E-state index in [1.807, 2.05) is 24.3 Å². The molecule has 0 saturated carbocycles. The van der Waals surface area contributed by atoms with E-state index in [4.69, 9.17) is 14.2 Å². The van der Waals surface area contributed by atoms with Gasteiger partial charge in [-0.05, 0) is 37.0 Å². The zero-order valence-electron chi connectivity index (χ0n) is 14.2. The smallest absolute Gasteiger partial charge is 0.122 e. The van der Waals surface area contributed by atoms with Crippen molar-refractivity contribution in [2.24, 2.45) is 0 Å². The largest absolute Gasteiger partial charge is 0.497 e. The Balaban J connectivity index is 1.88. The molecule has 0 bridgehead atoms. The van der Waals surface area contributed by atoms with Crippen LogP contribution in [0.25, 0.3) is 0 Å². The summed E-state index contributed by atoms with van der Waals surface area (Å²) in [6.07, 6.45) is 6.96. The lowest BCUT2D eigenvalue weighted by atomic mass is 10.0. The molecule has 1 saturated heterocycles. The Kier molecular flexibility index (Phi) is 7.56. The standard InChI is InChI=1S/C19H28O4/c1-3-4-5-18(19-11-10-17(23-19)12-13-20)22-14-15-6-8-16(21-2)9-7-15/h6-9,13,17-19H,3-5,10-12,14H2,1-2H3/t17-,18-,19-/m0/s1. The second kappa shape index (κ2) is 9.68. The number of hydrogen-bond donors (Lipinski definition) is 0. The first-order valence-corrected chi connectivity index (χ1v) is 8.60. The molecule has 0 spiro atoms. The number of carbonyl (C=O) groups is 1. The van der Waals surface area contributed by atoms with Gasteiger partial charge in [0.25, 0.3) is 0 Å². The van der Waals surface area contributed by atoms with Crippen LogP contribution in [0.3, 0.4) is 0 Å². The van der Waals surface area contributed by atoms with Crippen LogP contribution >= 0.6 is 0 Å². The number of rotatable bonds is 10. The molecule has 0 aliphatic carbocycles. The summed E-state index contributed by atoms with van der Waals surface area (Å²) in [6, 6.07) is 7.96. The molecule has 0 N–H and O–H groups in total. The minimum atomic E-state index is 0.0752. The molecule has 3 atom stereocenters. The highest BCUT2D eigenvalue weighted by molar-refractivity contribution is 5.50. The minimum absolute atomic E-state index is 0.0752. The van der Waals surface area contributed by atoms with Crippen molar-refractivity contribution in [3.8, 4) is 5.75 Å². The van der Waals surface area contributed by atoms with Gasteiger partial charge in [0, 0.05) is 6.42 Å². The lowest BCUT2D eigenvalue weighted by Gasteiger charge is -2.24. The first kappa shape index (κ1) is 18.0. The predicted octanol–water partition coefficient (Wildman–Crippen LogP) is 3.91. The van der Waals surface area contributed by atoms with Crippen LogP contribution in [0.15, 0.2) is 24.3 Å². The first-order valence-electron chi connectivity index (χ1n) is 8.60. The normalized spacial score (nSPS) is 22.0. The Morgan fingerprint density at radius 1 is 1.30 bits per heavy atom. The average molecular weight is 320 g/mol. The Labute approximate surface area is 139 Å². The van der Waals surface area contributed by atoms with Crippen LogP contribution in [0, 0.1) is 0 Å². The molecule has 1 aromatic rings. The summed E-state index contributed by atoms with van der Waals surface area (Å²) < 4.78 is 17.3. The molecule has 2 rings (SSSR count). The third-order valence-corrected chi connectivity index (χ3v) is 4.38. The SMILES string of the molecule is CCCC[C@H](OCc1ccc(OC)cc1)[C@@H]1CC[C@@H](CC=O)O1. The van der Waals surface area contributed by atoms with Gasteiger partial charge in [-0.3, -0.25) is 0 Å². The fourth-order valence-electron chi connectivity index (χ4n) is 2.99. The van der Waals surface area contributed by atoms with Crippen LogP contribution in [-0.4, -0.2) is 31.7 Å². The summed E-state index contributed by atoms with van der Waals surface area (Å²) in [5.74, 6) is 0.854. The van der Waals surface area contributed by atoms with E-state index in [0.717, 1.165) is 49.7 Å². The van der Waals surface area contributed by atoms with Gasteiger partial charge in [0.05, 0.1) is 32.0 Å². The molecule has 1 aromatic carbocycles. The molecule has 0 radical (unpaired) electrons. The maximum absolute atomic E-state index is 10.7. The van der Waals surface area contributed by atoms with Crippen molar-refractivity contribution in [3.05, 3.63) is 29.8 Å². The minimum Gasteiger partial charge on any atom is -0.497 e. The molecule has 0 aromatic heterocycles. The molecule has 23 heavy (non-hydrogen) atoms. The van der Waals surface area contributed by atoms with Crippen molar-refractivity contribution < 1.29 is 19.0 Å². The molecule has 128 valence electrons. The summed E-state index contributed by atoms with van der Waals surface area (Å²) in [6.45, 7) is 2.77. The van der Waals surface area contributed by atoms with Crippen molar-refractivity contribution in [3.63, 3.8) is 0 Å². The van der Waals surface area contributed by atoms with E-state index in [0.29, 0.717) is 13.0 Å². The first-order chi connectivity index (χ1) is 11.3. The fourth-order valence-corrected chi connectivity index (χ4v) is 2.99. The fraction of sp³-hybridized carbons (Fsp3) is 0.632. The second-order valence-electron chi connectivity index (χ2n) is 6.12. The molecule has 4 nitrogen and oxygen atoms in total. The summed E-state index contributed by atoms with van der Waals surface area (Å²) in [4.78, 5) is 10.7. The Morgan fingerprint density at radius 2 is 2.09 bits per heavy atom. The van der Waals surface area contributed by atoms with E-state index < -0.39 is 0 Å². The van der Waals surface area contributed by atoms with Crippen LogP contribution < -0.4 is 4.74 Å². The Hall–Kier alpha value is -1.39. The predicted molar refractivity (Wildman–Crippen MR) is 89.7 cm³/mol. The molecule has 1 heterocycles. The van der Waals surface area contributed by atoms with Crippen molar-refractivity contribution in [1.29, 1.82) is 0 Å². The number of benzene rings is 1.